The molecule has 0 amide bonds. The lowest BCUT2D eigenvalue weighted by atomic mass is 9.70. The van der Waals surface area contributed by atoms with Gasteiger partial charge in [0.2, 0.25) is 0 Å². The Balaban J connectivity index is 1.15. The van der Waals surface area contributed by atoms with Crippen molar-refractivity contribution < 1.29 is 4.74 Å². The van der Waals surface area contributed by atoms with E-state index in [2.05, 4.69) is 237 Å². The molecule has 64 heavy (non-hydrogen) atoms. The number of ether oxygens (including phenoxy) is 1. The fraction of sp³-hybridized carbons (Fsp3) is 0.175. The molecule has 0 bridgehead atoms. The molecule has 0 unspecified atom stereocenters. The van der Waals surface area contributed by atoms with E-state index in [0.29, 0.717) is 0 Å². The lowest BCUT2D eigenvalue weighted by molar-refractivity contribution is 0.412. The van der Waals surface area contributed by atoms with E-state index in [0.717, 1.165) is 66.4 Å². The fourth-order valence-electron chi connectivity index (χ4n) is 9.75. The second-order valence-electron chi connectivity index (χ2n) is 20.3. The van der Waals surface area contributed by atoms with Crippen LogP contribution in [0.15, 0.2) is 158 Å². The molecule has 0 atom stereocenters. The monoisotopic (exact) mass is 822 g/mol. The van der Waals surface area contributed by atoms with E-state index in [9.17, 15) is 0 Å². The highest BCUT2D eigenvalue weighted by Gasteiger charge is 2.39. The van der Waals surface area contributed by atoms with Gasteiger partial charge in [0.05, 0.1) is 11.1 Å². The van der Waals surface area contributed by atoms with Crippen LogP contribution in [0.25, 0.3) is 64.6 Å². The minimum atomic E-state index is -0.422. The van der Waals surface area contributed by atoms with Gasteiger partial charge < -0.3 is 4.74 Å². The maximum Gasteiger partial charge on any atom is 0.147 e. The van der Waals surface area contributed by atoms with Gasteiger partial charge in [0.1, 0.15) is 11.5 Å². The Morgan fingerprint density at radius 3 is 1.09 bits per heavy atom. The minimum absolute atomic E-state index is 0.122. The molecule has 0 spiro atoms. The zero-order valence-corrected chi connectivity index (χ0v) is 37.9. The van der Waals surface area contributed by atoms with Gasteiger partial charge in [0, 0.05) is 27.7 Å². The zero-order chi connectivity index (χ0) is 44.1. The minimum Gasteiger partial charge on any atom is -0.454 e. The zero-order valence-electron chi connectivity index (χ0n) is 37.9. The predicted molar refractivity (Wildman–Crippen MR) is 272 cm³/mol. The smallest absolute Gasteiger partial charge is 0.147 e. The molecule has 0 saturated carbocycles. The van der Waals surface area contributed by atoms with Gasteiger partial charge in [0.15, 0.2) is 0 Å². The number of hydrogen-bond donors (Lipinski definition) is 0. The van der Waals surface area contributed by atoms with Crippen LogP contribution in [0.2, 0.25) is 0 Å². The number of benzene rings is 10. The van der Waals surface area contributed by atoms with Crippen LogP contribution < -0.4 is 4.74 Å². The SMILES string of the molecule is CC(C)(C)c1cc(C#Cc2c3ccccc3cc3cc4ccccc4cc23)c2c(c1)C(C)(C)c1cc(C(C)(C)C)cc(C#Cc3c4ccccc4cc4cc5ccccc5cc34)c1O2. The van der Waals surface area contributed by atoms with Crippen LogP contribution in [-0.2, 0) is 16.2 Å². The standard InChI is InChI=1S/C63H50O/c1-61(2,3)49-33-45(25-27-53-51-23-15-13-21-43(51)31-47-29-39-17-9-11-19-41(39)35-55(47)53)59-57(37-49)63(7,8)58-38-50(62(4,5)6)34-46(60(58)64-59)26-28-54-52-24-16-14-22-44(52)32-48-30-40-18-10-12-20-42(40)36-56(48)54/h9-24,29-38H,1-8H3. The van der Waals surface area contributed by atoms with E-state index in [1.807, 2.05) is 0 Å². The highest BCUT2D eigenvalue weighted by atomic mass is 16.5. The highest BCUT2D eigenvalue weighted by molar-refractivity contribution is 6.11. The van der Waals surface area contributed by atoms with E-state index in [1.165, 1.54) is 54.2 Å². The van der Waals surface area contributed by atoms with Crippen molar-refractivity contribution in [3.63, 3.8) is 0 Å². The third-order valence-corrected chi connectivity index (χ3v) is 13.6. The van der Waals surface area contributed by atoms with Crippen molar-refractivity contribution in [2.45, 2.75) is 71.6 Å². The Bertz CT molecular complexity index is 3490. The first-order valence-electron chi connectivity index (χ1n) is 22.5. The van der Waals surface area contributed by atoms with Crippen LogP contribution >= 0.6 is 0 Å². The van der Waals surface area contributed by atoms with Crippen molar-refractivity contribution in [2.24, 2.45) is 0 Å². The molecule has 0 N–H and O–H groups in total. The van der Waals surface area contributed by atoms with E-state index >= 15 is 0 Å². The molecule has 0 saturated heterocycles. The molecule has 0 fully saturated rings. The van der Waals surface area contributed by atoms with Crippen molar-refractivity contribution >= 4 is 64.6 Å². The van der Waals surface area contributed by atoms with Gasteiger partial charge in [-0.3, -0.25) is 0 Å². The molecule has 1 nitrogen and oxygen atoms in total. The second kappa shape index (κ2) is 14.4. The summed E-state index contributed by atoms with van der Waals surface area (Å²) in [4.78, 5) is 0. The van der Waals surface area contributed by atoms with Crippen LogP contribution in [-0.4, -0.2) is 0 Å². The summed E-state index contributed by atoms with van der Waals surface area (Å²) in [6.07, 6.45) is 0. The molecule has 1 aliphatic heterocycles. The molecule has 10 aromatic rings. The van der Waals surface area contributed by atoms with E-state index in [-0.39, 0.29) is 10.8 Å². The van der Waals surface area contributed by atoms with Gasteiger partial charge in [-0.25, -0.2) is 0 Å². The maximum absolute atomic E-state index is 7.35. The number of fused-ring (bicyclic) bond motifs is 8. The lowest BCUT2D eigenvalue weighted by Crippen LogP contribution is -2.28. The summed E-state index contributed by atoms with van der Waals surface area (Å²) in [6, 6.07) is 57.5. The van der Waals surface area contributed by atoms with E-state index in [1.54, 1.807) is 0 Å². The summed E-state index contributed by atoms with van der Waals surface area (Å²) >= 11 is 0. The van der Waals surface area contributed by atoms with Crippen LogP contribution in [0.3, 0.4) is 0 Å². The molecular weight excluding hydrogens is 773 g/mol. The van der Waals surface area contributed by atoms with E-state index in [4.69, 9.17) is 4.74 Å². The molecule has 308 valence electrons. The first-order valence-corrected chi connectivity index (χ1v) is 22.5. The first kappa shape index (κ1) is 39.5. The molecule has 10 aromatic carbocycles. The van der Waals surface area contributed by atoms with Gasteiger partial charge in [-0.15, -0.1) is 0 Å². The average Bonchev–Trinajstić information content (AvgIpc) is 3.27. The predicted octanol–water partition coefficient (Wildman–Crippen LogP) is 16.4. The Labute approximate surface area is 376 Å². The van der Waals surface area contributed by atoms with Gasteiger partial charge in [0.25, 0.3) is 0 Å². The molecule has 1 aliphatic rings. The fourth-order valence-corrected chi connectivity index (χ4v) is 9.75. The normalized spacial score (nSPS) is 13.3. The highest BCUT2D eigenvalue weighted by Crippen LogP contribution is 2.52. The molecule has 0 aromatic heterocycles. The van der Waals surface area contributed by atoms with Crippen molar-refractivity contribution in [3.05, 3.63) is 202 Å². The van der Waals surface area contributed by atoms with Crippen LogP contribution in [0.4, 0.5) is 0 Å². The number of hydrogen-bond acceptors (Lipinski definition) is 1. The van der Waals surface area contributed by atoms with Crippen molar-refractivity contribution in [1.29, 1.82) is 0 Å². The molecular formula is C63H50O. The average molecular weight is 823 g/mol. The van der Waals surface area contributed by atoms with Gasteiger partial charge in [-0.05, 0) is 135 Å². The number of rotatable bonds is 0. The second-order valence-corrected chi connectivity index (χ2v) is 20.3. The summed E-state index contributed by atoms with van der Waals surface area (Å²) in [6.45, 7) is 18.4. The quantitative estimate of drug-likeness (QED) is 0.109. The van der Waals surface area contributed by atoms with Crippen LogP contribution in [0.1, 0.15) is 99.9 Å². The van der Waals surface area contributed by atoms with Gasteiger partial charge in [-0.1, -0.05) is 188 Å². The van der Waals surface area contributed by atoms with Gasteiger partial charge >= 0.3 is 0 Å². The van der Waals surface area contributed by atoms with Gasteiger partial charge in [-0.2, -0.15) is 0 Å². The third kappa shape index (κ3) is 6.59. The van der Waals surface area contributed by atoms with Crippen molar-refractivity contribution in [3.8, 4) is 35.2 Å². The van der Waals surface area contributed by atoms with E-state index < -0.39 is 5.41 Å². The largest absolute Gasteiger partial charge is 0.454 e. The molecule has 0 radical (unpaired) electrons. The Kier molecular flexibility index (Phi) is 8.87. The van der Waals surface area contributed by atoms with Crippen molar-refractivity contribution in [2.75, 3.05) is 0 Å². The summed E-state index contributed by atoms with van der Waals surface area (Å²) in [5.74, 6) is 16.7. The summed E-state index contributed by atoms with van der Waals surface area (Å²) < 4.78 is 7.35. The topological polar surface area (TPSA) is 9.23 Å². The maximum atomic E-state index is 7.35. The summed E-state index contributed by atoms with van der Waals surface area (Å²) in [7, 11) is 0. The van der Waals surface area contributed by atoms with Crippen LogP contribution in [0, 0.1) is 23.7 Å². The molecule has 0 aliphatic carbocycles. The molecule has 11 rings (SSSR count). The summed E-state index contributed by atoms with van der Waals surface area (Å²) in [5.41, 5.74) is 7.90. The van der Waals surface area contributed by atoms with Crippen molar-refractivity contribution in [1.82, 2.24) is 0 Å². The summed E-state index contributed by atoms with van der Waals surface area (Å²) in [5, 5.41) is 14.2. The Morgan fingerprint density at radius 2 is 0.703 bits per heavy atom. The Morgan fingerprint density at radius 1 is 0.359 bits per heavy atom. The third-order valence-electron chi connectivity index (χ3n) is 13.6. The first-order chi connectivity index (χ1) is 30.7. The molecule has 1 heterocycles. The lowest BCUT2D eigenvalue weighted by Gasteiger charge is -2.38. The van der Waals surface area contributed by atoms with Crippen LogP contribution in [0.5, 0.6) is 11.5 Å². The molecule has 1 heteroatoms. The Hall–Kier alpha value is -7.32.